The van der Waals surface area contributed by atoms with Gasteiger partial charge in [-0.1, -0.05) is 196 Å². The lowest BCUT2D eigenvalue weighted by Crippen LogP contribution is -2.30. The minimum absolute atomic E-state index is 0.0676. The van der Waals surface area contributed by atoms with Crippen molar-refractivity contribution in [1.82, 2.24) is 0 Å². The average molecular weight is 723 g/mol. The van der Waals surface area contributed by atoms with Gasteiger partial charge >= 0.3 is 17.9 Å². The Morgan fingerprint density at radius 1 is 0.392 bits per heavy atom. The van der Waals surface area contributed by atoms with E-state index in [1.54, 1.807) is 0 Å². The zero-order chi connectivity index (χ0) is 37.8. The van der Waals surface area contributed by atoms with Crippen LogP contribution in [-0.2, 0) is 28.6 Å². The van der Waals surface area contributed by atoms with Gasteiger partial charge in [0.15, 0.2) is 6.10 Å². The second-order valence-corrected chi connectivity index (χ2v) is 16.3. The molecule has 0 radical (unpaired) electrons. The van der Waals surface area contributed by atoms with E-state index in [9.17, 15) is 14.4 Å². The lowest BCUT2D eigenvalue weighted by atomic mass is 10.00. The van der Waals surface area contributed by atoms with Gasteiger partial charge in [-0.25, -0.2) is 0 Å². The zero-order valence-corrected chi connectivity index (χ0v) is 34.9. The van der Waals surface area contributed by atoms with E-state index in [1.807, 2.05) is 0 Å². The molecule has 0 bridgehead atoms. The Morgan fingerprint density at radius 2 is 0.686 bits per heavy atom. The monoisotopic (exact) mass is 723 g/mol. The van der Waals surface area contributed by atoms with Gasteiger partial charge < -0.3 is 14.2 Å². The van der Waals surface area contributed by atoms with Gasteiger partial charge in [0.1, 0.15) is 13.2 Å². The van der Waals surface area contributed by atoms with E-state index in [2.05, 4.69) is 41.5 Å². The third kappa shape index (κ3) is 36.6. The predicted octanol–water partition coefficient (Wildman–Crippen LogP) is 13.7. The van der Waals surface area contributed by atoms with Crippen molar-refractivity contribution in [2.45, 2.75) is 240 Å². The molecule has 0 heterocycles. The molecule has 0 aliphatic heterocycles. The fourth-order valence-electron chi connectivity index (χ4n) is 6.46. The van der Waals surface area contributed by atoms with Crippen molar-refractivity contribution in [1.29, 1.82) is 0 Å². The van der Waals surface area contributed by atoms with Gasteiger partial charge in [0, 0.05) is 19.3 Å². The Bertz CT molecular complexity index is 796. The van der Waals surface area contributed by atoms with Crippen molar-refractivity contribution in [2.75, 3.05) is 13.2 Å². The summed E-state index contributed by atoms with van der Waals surface area (Å²) in [6.45, 7) is 13.6. The minimum atomic E-state index is -0.762. The van der Waals surface area contributed by atoms with Crippen molar-refractivity contribution in [3.8, 4) is 0 Å². The standard InChI is InChI=1S/C45H86O6/c1-7-40(5)32-26-20-15-17-23-29-35-44(47)50-38-42(51-45(48)36-30-24-18-16-21-27-33-41(6)8-2)37-49-43(46)34-28-22-14-12-10-9-11-13-19-25-31-39(3)4/h39-42H,7-38H2,1-6H3/t40?,41?,42-/m0/s1. The Hall–Kier alpha value is -1.59. The van der Waals surface area contributed by atoms with E-state index in [4.69, 9.17) is 14.2 Å². The summed E-state index contributed by atoms with van der Waals surface area (Å²) in [4.78, 5) is 37.6. The van der Waals surface area contributed by atoms with Crippen LogP contribution in [0, 0.1) is 17.8 Å². The average Bonchev–Trinajstić information content (AvgIpc) is 3.11. The van der Waals surface area contributed by atoms with Crippen molar-refractivity contribution in [2.24, 2.45) is 17.8 Å². The molecule has 51 heavy (non-hydrogen) atoms. The molecule has 0 aliphatic rings. The first-order chi connectivity index (χ1) is 24.7. The SMILES string of the molecule is CCC(C)CCCCCCCCC(=O)OC[C@H](COC(=O)CCCCCCCCCCCCC(C)C)OC(=O)CCCCCCCCC(C)CC. The first-order valence-electron chi connectivity index (χ1n) is 22.2. The molecule has 3 atom stereocenters. The Labute approximate surface area is 317 Å². The second-order valence-electron chi connectivity index (χ2n) is 16.3. The maximum absolute atomic E-state index is 12.7. The van der Waals surface area contributed by atoms with Crippen molar-refractivity contribution < 1.29 is 28.6 Å². The van der Waals surface area contributed by atoms with Crippen LogP contribution < -0.4 is 0 Å². The minimum Gasteiger partial charge on any atom is -0.462 e. The first-order valence-corrected chi connectivity index (χ1v) is 22.2. The number of carbonyl (C=O) groups is 3. The van der Waals surface area contributed by atoms with Crippen LogP contribution in [0.4, 0.5) is 0 Å². The van der Waals surface area contributed by atoms with Crippen molar-refractivity contribution >= 4 is 17.9 Å². The number of rotatable bonds is 38. The largest absolute Gasteiger partial charge is 0.462 e. The van der Waals surface area contributed by atoms with Crippen molar-refractivity contribution in [3.63, 3.8) is 0 Å². The molecule has 0 saturated carbocycles. The first kappa shape index (κ1) is 49.4. The molecule has 0 aromatic heterocycles. The normalized spacial score (nSPS) is 13.2. The van der Waals surface area contributed by atoms with Gasteiger partial charge in [-0.3, -0.25) is 14.4 Å². The molecular weight excluding hydrogens is 636 g/mol. The molecule has 0 aromatic carbocycles. The zero-order valence-electron chi connectivity index (χ0n) is 34.9. The number of esters is 3. The van der Waals surface area contributed by atoms with E-state index in [0.717, 1.165) is 75.5 Å². The molecule has 0 N–H and O–H groups in total. The van der Waals surface area contributed by atoms with Gasteiger partial charge in [-0.15, -0.1) is 0 Å². The van der Waals surface area contributed by atoms with Gasteiger partial charge in [-0.2, -0.15) is 0 Å². The summed E-state index contributed by atoms with van der Waals surface area (Å²) in [6, 6.07) is 0. The van der Waals surface area contributed by atoms with Gasteiger partial charge in [-0.05, 0) is 37.0 Å². The van der Waals surface area contributed by atoms with E-state index < -0.39 is 6.10 Å². The fraction of sp³-hybridized carbons (Fsp3) is 0.933. The van der Waals surface area contributed by atoms with Crippen LogP contribution in [0.5, 0.6) is 0 Å². The van der Waals surface area contributed by atoms with Crippen LogP contribution in [0.2, 0.25) is 0 Å². The lowest BCUT2D eigenvalue weighted by molar-refractivity contribution is -0.167. The van der Waals surface area contributed by atoms with E-state index in [1.165, 1.54) is 116 Å². The summed E-state index contributed by atoms with van der Waals surface area (Å²) in [6.07, 6.45) is 32.4. The number of hydrogen-bond acceptors (Lipinski definition) is 6. The molecule has 6 nitrogen and oxygen atoms in total. The molecule has 0 aromatic rings. The summed E-state index contributed by atoms with van der Waals surface area (Å²) in [7, 11) is 0. The van der Waals surface area contributed by atoms with Gasteiger partial charge in [0.25, 0.3) is 0 Å². The molecule has 6 heteroatoms. The highest BCUT2D eigenvalue weighted by atomic mass is 16.6. The maximum atomic E-state index is 12.7. The third-order valence-electron chi connectivity index (χ3n) is 10.6. The topological polar surface area (TPSA) is 78.9 Å². The molecule has 0 aliphatic carbocycles. The highest BCUT2D eigenvalue weighted by Crippen LogP contribution is 2.17. The van der Waals surface area contributed by atoms with Crippen LogP contribution >= 0.6 is 0 Å². The fourth-order valence-corrected chi connectivity index (χ4v) is 6.46. The molecule has 0 spiro atoms. The number of carbonyl (C=O) groups excluding carboxylic acids is 3. The Kier molecular flexibility index (Phi) is 35.6. The molecule has 0 saturated heterocycles. The van der Waals surface area contributed by atoms with Crippen LogP contribution in [0.1, 0.15) is 234 Å². The Balaban J connectivity index is 4.36. The van der Waals surface area contributed by atoms with Crippen LogP contribution in [0.15, 0.2) is 0 Å². The van der Waals surface area contributed by atoms with Crippen LogP contribution in [0.25, 0.3) is 0 Å². The predicted molar refractivity (Wildman–Crippen MR) is 215 cm³/mol. The molecule has 0 rings (SSSR count). The van der Waals surface area contributed by atoms with E-state index >= 15 is 0 Å². The molecule has 0 fully saturated rings. The maximum Gasteiger partial charge on any atom is 0.306 e. The quantitative estimate of drug-likeness (QED) is 0.0359. The summed E-state index contributed by atoms with van der Waals surface area (Å²) in [5, 5.41) is 0. The summed E-state index contributed by atoms with van der Waals surface area (Å²) >= 11 is 0. The van der Waals surface area contributed by atoms with Crippen LogP contribution in [-0.4, -0.2) is 37.2 Å². The number of unbranched alkanes of at least 4 members (excludes halogenated alkanes) is 19. The molecule has 0 amide bonds. The van der Waals surface area contributed by atoms with Crippen LogP contribution in [0.3, 0.4) is 0 Å². The second kappa shape index (κ2) is 36.8. The highest BCUT2D eigenvalue weighted by Gasteiger charge is 2.19. The molecule has 302 valence electrons. The summed E-state index contributed by atoms with van der Waals surface area (Å²) in [5.74, 6) is 1.57. The summed E-state index contributed by atoms with van der Waals surface area (Å²) < 4.78 is 16.7. The van der Waals surface area contributed by atoms with Crippen molar-refractivity contribution in [3.05, 3.63) is 0 Å². The highest BCUT2D eigenvalue weighted by molar-refractivity contribution is 5.71. The number of hydrogen-bond donors (Lipinski definition) is 0. The third-order valence-corrected chi connectivity index (χ3v) is 10.6. The van der Waals surface area contributed by atoms with E-state index in [0.29, 0.717) is 19.3 Å². The van der Waals surface area contributed by atoms with E-state index in [-0.39, 0.29) is 31.1 Å². The number of ether oxygens (including phenoxy) is 3. The van der Waals surface area contributed by atoms with Gasteiger partial charge in [0.05, 0.1) is 0 Å². The lowest BCUT2D eigenvalue weighted by Gasteiger charge is -2.18. The van der Waals surface area contributed by atoms with Gasteiger partial charge in [0.2, 0.25) is 0 Å². The Morgan fingerprint density at radius 3 is 1.02 bits per heavy atom. The summed E-state index contributed by atoms with van der Waals surface area (Å²) in [5.41, 5.74) is 0. The smallest absolute Gasteiger partial charge is 0.306 e. The molecule has 2 unspecified atom stereocenters. The molecular formula is C45H86O6.